The van der Waals surface area contributed by atoms with Crippen molar-refractivity contribution in [3.8, 4) is 0 Å². The smallest absolute Gasteiger partial charge is 0.0483 e. The van der Waals surface area contributed by atoms with Gasteiger partial charge in [-0.1, -0.05) is 15.9 Å². The molecule has 0 spiro atoms. The van der Waals surface area contributed by atoms with E-state index >= 15 is 0 Å². The van der Waals surface area contributed by atoms with Crippen LogP contribution in [0.2, 0.25) is 0 Å². The molecule has 0 aliphatic heterocycles. The van der Waals surface area contributed by atoms with E-state index in [4.69, 9.17) is 0 Å². The summed E-state index contributed by atoms with van der Waals surface area (Å²) in [5.74, 6) is 0. The average molecular weight is 238 g/mol. The van der Waals surface area contributed by atoms with Crippen LogP contribution in [0.5, 0.6) is 0 Å². The van der Waals surface area contributed by atoms with E-state index in [-0.39, 0.29) is 0 Å². The number of rotatable bonds is 1. The molecule has 0 saturated heterocycles. The lowest BCUT2D eigenvalue weighted by atomic mass is 10.2. The van der Waals surface area contributed by atoms with Gasteiger partial charge in [-0.25, -0.2) is 0 Å². The summed E-state index contributed by atoms with van der Waals surface area (Å²) in [6, 6.07) is 8.64. The molecule has 0 bridgehead atoms. The maximum Gasteiger partial charge on any atom is 0.0483 e. The van der Waals surface area contributed by atoms with Crippen LogP contribution in [0.3, 0.4) is 0 Å². The third-order valence-corrected chi connectivity index (χ3v) is 2.88. The Hall–Kier alpha value is -0.760. The Kier molecular flexibility index (Phi) is 2.16. The predicted molar refractivity (Wildman–Crippen MR) is 60.0 cm³/mol. The molecular formula is C11H12BrN. The second kappa shape index (κ2) is 3.18. The fourth-order valence-corrected chi connectivity index (χ4v) is 2.18. The number of aromatic nitrogens is 1. The highest BCUT2D eigenvalue weighted by atomic mass is 79.9. The molecule has 0 aliphatic carbocycles. The highest BCUT2D eigenvalue weighted by molar-refractivity contribution is 9.10. The molecule has 0 radical (unpaired) electrons. The lowest BCUT2D eigenvalue weighted by molar-refractivity contribution is 0.770. The van der Waals surface area contributed by atoms with Gasteiger partial charge >= 0.3 is 0 Å². The van der Waals surface area contributed by atoms with Gasteiger partial charge in [0.05, 0.1) is 0 Å². The Balaban J connectivity index is 2.79. The zero-order valence-corrected chi connectivity index (χ0v) is 9.43. The van der Waals surface area contributed by atoms with Crippen LogP contribution >= 0.6 is 15.9 Å². The van der Waals surface area contributed by atoms with Gasteiger partial charge in [0.2, 0.25) is 0 Å². The second-order valence-electron chi connectivity index (χ2n) is 3.23. The van der Waals surface area contributed by atoms with Crippen molar-refractivity contribution in [2.75, 3.05) is 0 Å². The van der Waals surface area contributed by atoms with Gasteiger partial charge in [0.25, 0.3) is 0 Å². The largest absolute Gasteiger partial charge is 0.345 e. The summed E-state index contributed by atoms with van der Waals surface area (Å²) in [6.07, 6.45) is 0. The molecule has 13 heavy (non-hydrogen) atoms. The van der Waals surface area contributed by atoms with Crippen molar-refractivity contribution in [1.82, 2.24) is 4.57 Å². The molecule has 1 heterocycles. The van der Waals surface area contributed by atoms with Crippen LogP contribution in [-0.2, 0) is 6.54 Å². The molecule has 1 nitrogen and oxygen atoms in total. The minimum absolute atomic E-state index is 1.04. The highest BCUT2D eigenvalue weighted by Gasteiger charge is 2.03. The van der Waals surface area contributed by atoms with Gasteiger partial charge in [0.15, 0.2) is 0 Å². The van der Waals surface area contributed by atoms with Crippen molar-refractivity contribution in [3.63, 3.8) is 0 Å². The van der Waals surface area contributed by atoms with E-state index in [2.05, 4.69) is 58.6 Å². The van der Waals surface area contributed by atoms with Crippen LogP contribution in [0.25, 0.3) is 10.9 Å². The van der Waals surface area contributed by atoms with Crippen molar-refractivity contribution in [2.45, 2.75) is 20.4 Å². The number of hydrogen-bond acceptors (Lipinski definition) is 0. The summed E-state index contributed by atoms with van der Waals surface area (Å²) in [4.78, 5) is 0. The van der Waals surface area contributed by atoms with Crippen LogP contribution in [-0.4, -0.2) is 4.57 Å². The molecule has 0 saturated carbocycles. The topological polar surface area (TPSA) is 4.93 Å². The number of nitrogens with zero attached hydrogens (tertiary/aromatic N) is 1. The first-order valence-electron chi connectivity index (χ1n) is 4.47. The first-order chi connectivity index (χ1) is 6.22. The number of benzene rings is 1. The van der Waals surface area contributed by atoms with Gasteiger partial charge in [-0.2, -0.15) is 0 Å². The summed E-state index contributed by atoms with van der Waals surface area (Å²) in [7, 11) is 0. The molecular weight excluding hydrogens is 226 g/mol. The fourth-order valence-electron chi connectivity index (χ4n) is 1.80. The normalized spacial score (nSPS) is 11.0. The zero-order chi connectivity index (χ0) is 9.42. The van der Waals surface area contributed by atoms with Crippen LogP contribution in [0, 0.1) is 6.92 Å². The van der Waals surface area contributed by atoms with Crippen LogP contribution in [0.4, 0.5) is 0 Å². The molecule has 1 aromatic heterocycles. The van der Waals surface area contributed by atoms with Crippen molar-refractivity contribution >= 4 is 26.8 Å². The van der Waals surface area contributed by atoms with Crippen molar-refractivity contribution < 1.29 is 0 Å². The first-order valence-corrected chi connectivity index (χ1v) is 5.27. The van der Waals surface area contributed by atoms with Gasteiger partial charge in [-0.05, 0) is 38.1 Å². The van der Waals surface area contributed by atoms with Crippen LogP contribution in [0.1, 0.15) is 12.6 Å². The maximum atomic E-state index is 3.48. The lowest BCUT2D eigenvalue weighted by Gasteiger charge is -2.02. The standard InChI is InChI=1S/C11H12BrN/c1-3-13-8(2)6-9-7-10(12)4-5-11(9)13/h4-7H,3H2,1-2H3. The molecule has 2 rings (SSSR count). The minimum Gasteiger partial charge on any atom is -0.345 e. The van der Waals surface area contributed by atoms with Gasteiger partial charge in [0.1, 0.15) is 0 Å². The van der Waals surface area contributed by atoms with Gasteiger partial charge in [-0.15, -0.1) is 0 Å². The Bertz CT molecular complexity index is 443. The second-order valence-corrected chi connectivity index (χ2v) is 4.15. The lowest BCUT2D eigenvalue weighted by Crippen LogP contribution is -1.94. The van der Waals surface area contributed by atoms with E-state index in [1.165, 1.54) is 16.6 Å². The fraction of sp³-hybridized carbons (Fsp3) is 0.273. The van der Waals surface area contributed by atoms with E-state index in [1.54, 1.807) is 0 Å². The van der Waals surface area contributed by atoms with E-state index in [9.17, 15) is 0 Å². The molecule has 0 unspecified atom stereocenters. The van der Waals surface area contributed by atoms with Crippen LogP contribution in [0.15, 0.2) is 28.7 Å². The average Bonchev–Trinajstić information content (AvgIpc) is 2.39. The Labute approximate surface area is 86.5 Å². The zero-order valence-electron chi connectivity index (χ0n) is 7.84. The summed E-state index contributed by atoms with van der Waals surface area (Å²) in [5, 5.41) is 1.31. The molecule has 0 N–H and O–H groups in total. The molecule has 0 atom stereocenters. The van der Waals surface area contributed by atoms with Crippen molar-refractivity contribution in [2.24, 2.45) is 0 Å². The summed E-state index contributed by atoms with van der Waals surface area (Å²) in [5.41, 5.74) is 2.65. The molecule has 1 aromatic carbocycles. The molecule has 2 aromatic rings. The van der Waals surface area contributed by atoms with E-state index < -0.39 is 0 Å². The van der Waals surface area contributed by atoms with Gasteiger partial charge < -0.3 is 4.57 Å². The summed E-state index contributed by atoms with van der Waals surface area (Å²) < 4.78 is 3.47. The van der Waals surface area contributed by atoms with Crippen molar-refractivity contribution in [3.05, 3.63) is 34.4 Å². The van der Waals surface area contributed by atoms with E-state index in [1.807, 2.05) is 0 Å². The quantitative estimate of drug-likeness (QED) is 0.713. The number of fused-ring (bicyclic) bond motifs is 1. The van der Waals surface area contributed by atoms with E-state index in [0.717, 1.165) is 11.0 Å². The predicted octanol–water partition coefficient (Wildman–Crippen LogP) is 3.73. The third kappa shape index (κ3) is 1.39. The third-order valence-electron chi connectivity index (χ3n) is 2.39. The minimum atomic E-state index is 1.04. The highest BCUT2D eigenvalue weighted by Crippen LogP contribution is 2.23. The molecule has 0 aliphatic rings. The Morgan fingerprint density at radius 1 is 1.31 bits per heavy atom. The van der Waals surface area contributed by atoms with Crippen LogP contribution < -0.4 is 0 Å². The van der Waals surface area contributed by atoms with Gasteiger partial charge in [0, 0.05) is 27.6 Å². The maximum absolute atomic E-state index is 3.48. The van der Waals surface area contributed by atoms with Gasteiger partial charge in [-0.3, -0.25) is 0 Å². The monoisotopic (exact) mass is 237 g/mol. The molecule has 2 heteroatoms. The number of aryl methyl sites for hydroxylation is 2. The summed E-state index contributed by atoms with van der Waals surface area (Å²) in [6.45, 7) is 5.36. The molecule has 68 valence electrons. The van der Waals surface area contributed by atoms with Crippen molar-refractivity contribution in [1.29, 1.82) is 0 Å². The Morgan fingerprint density at radius 2 is 2.08 bits per heavy atom. The van der Waals surface area contributed by atoms with E-state index in [0.29, 0.717) is 0 Å². The first kappa shape index (κ1) is 8.82. The Morgan fingerprint density at radius 3 is 2.77 bits per heavy atom. The SMILES string of the molecule is CCn1c(C)cc2cc(Br)ccc21. The summed E-state index contributed by atoms with van der Waals surface area (Å²) >= 11 is 3.48. The molecule has 0 amide bonds. The number of hydrogen-bond donors (Lipinski definition) is 0. The number of halogens is 1. The molecule has 0 fully saturated rings.